The standard InChI is InChI=1S/C29H30N2P2/c1-5-14-26(15-6-1)32(27-16-7-2-8-17-27)30-22-13-23-31(25-24-30)33(28-18-9-3-10-19-28)29-20-11-4-12-21-29/h1-12,14-21H,13,22-25H2. The fourth-order valence-electron chi connectivity index (χ4n) is 4.52. The normalized spacial score (nSPS) is 15.6. The van der Waals surface area contributed by atoms with Gasteiger partial charge in [0.1, 0.15) is 0 Å². The van der Waals surface area contributed by atoms with E-state index < -0.39 is 16.1 Å². The summed E-state index contributed by atoms with van der Waals surface area (Å²) < 4.78 is 5.51. The Morgan fingerprint density at radius 3 is 0.909 bits per heavy atom. The molecule has 1 aliphatic rings. The summed E-state index contributed by atoms with van der Waals surface area (Å²) >= 11 is 0. The lowest BCUT2D eigenvalue weighted by atomic mass is 10.4. The third-order valence-electron chi connectivity index (χ3n) is 6.02. The van der Waals surface area contributed by atoms with E-state index in [0.29, 0.717) is 0 Å². The lowest BCUT2D eigenvalue weighted by molar-refractivity contribution is 0.459. The van der Waals surface area contributed by atoms with Gasteiger partial charge in [-0.2, -0.15) is 0 Å². The van der Waals surface area contributed by atoms with E-state index in [0.717, 1.165) is 26.2 Å². The van der Waals surface area contributed by atoms with Crippen molar-refractivity contribution in [1.82, 2.24) is 9.34 Å². The van der Waals surface area contributed by atoms with Crippen LogP contribution in [0.4, 0.5) is 0 Å². The van der Waals surface area contributed by atoms with E-state index in [9.17, 15) is 0 Å². The molecule has 0 bridgehead atoms. The quantitative estimate of drug-likeness (QED) is 0.364. The highest BCUT2D eigenvalue weighted by Gasteiger charge is 2.28. The zero-order valence-corrected chi connectivity index (χ0v) is 20.7. The van der Waals surface area contributed by atoms with Crippen LogP contribution < -0.4 is 21.2 Å². The van der Waals surface area contributed by atoms with Crippen molar-refractivity contribution >= 4 is 37.4 Å². The summed E-state index contributed by atoms with van der Waals surface area (Å²) in [4.78, 5) is 0. The first-order valence-corrected chi connectivity index (χ1v) is 14.3. The summed E-state index contributed by atoms with van der Waals surface area (Å²) in [6, 6.07) is 44.4. The lowest BCUT2D eigenvalue weighted by Crippen LogP contribution is -2.34. The third kappa shape index (κ3) is 5.43. The third-order valence-corrected chi connectivity index (χ3v) is 11.1. The average Bonchev–Trinajstić information content (AvgIpc) is 3.13. The van der Waals surface area contributed by atoms with Crippen molar-refractivity contribution in [3.8, 4) is 0 Å². The molecule has 166 valence electrons. The first-order chi connectivity index (χ1) is 16.4. The Morgan fingerprint density at radius 1 is 0.364 bits per heavy atom. The Morgan fingerprint density at radius 2 is 0.636 bits per heavy atom. The van der Waals surface area contributed by atoms with Crippen molar-refractivity contribution in [3.05, 3.63) is 121 Å². The second-order valence-corrected chi connectivity index (χ2v) is 12.7. The molecule has 4 aromatic carbocycles. The van der Waals surface area contributed by atoms with Gasteiger partial charge in [-0.05, 0) is 27.6 Å². The van der Waals surface area contributed by atoms with Crippen molar-refractivity contribution < 1.29 is 0 Å². The van der Waals surface area contributed by atoms with Crippen molar-refractivity contribution in [2.24, 2.45) is 0 Å². The summed E-state index contributed by atoms with van der Waals surface area (Å²) in [5.74, 6) is 0. The molecule has 4 aromatic rings. The highest BCUT2D eigenvalue weighted by Crippen LogP contribution is 2.43. The highest BCUT2D eigenvalue weighted by atomic mass is 31.1. The maximum absolute atomic E-state index is 2.75. The largest absolute Gasteiger partial charge is 0.273 e. The molecule has 0 spiro atoms. The van der Waals surface area contributed by atoms with Crippen molar-refractivity contribution in [3.63, 3.8) is 0 Å². The minimum atomic E-state index is -0.519. The van der Waals surface area contributed by atoms with Crippen molar-refractivity contribution in [2.45, 2.75) is 6.42 Å². The van der Waals surface area contributed by atoms with E-state index in [1.54, 1.807) is 0 Å². The second kappa shape index (κ2) is 11.2. The Labute approximate surface area is 200 Å². The minimum absolute atomic E-state index is 0.519. The molecular formula is C29H30N2P2. The SMILES string of the molecule is c1ccc(P(c2ccccc2)N2CCCN(P(c3ccccc3)c3ccccc3)CC2)cc1. The summed E-state index contributed by atoms with van der Waals surface area (Å²) in [5, 5.41) is 5.78. The molecular weight excluding hydrogens is 438 g/mol. The van der Waals surface area contributed by atoms with Gasteiger partial charge in [-0.25, -0.2) is 0 Å². The van der Waals surface area contributed by atoms with Gasteiger partial charge in [-0.3, -0.25) is 9.34 Å². The number of nitrogens with zero attached hydrogens (tertiary/aromatic N) is 2. The van der Waals surface area contributed by atoms with Gasteiger partial charge in [-0.1, -0.05) is 121 Å². The summed E-state index contributed by atoms with van der Waals surface area (Å²) in [6.07, 6.45) is 1.19. The van der Waals surface area contributed by atoms with Gasteiger partial charge in [0.15, 0.2) is 0 Å². The molecule has 1 heterocycles. The molecule has 1 fully saturated rings. The van der Waals surface area contributed by atoms with Crippen LogP contribution in [0.15, 0.2) is 121 Å². The highest BCUT2D eigenvalue weighted by molar-refractivity contribution is 7.71. The molecule has 1 saturated heterocycles. The Balaban J connectivity index is 1.43. The van der Waals surface area contributed by atoms with E-state index in [2.05, 4.69) is 131 Å². The van der Waals surface area contributed by atoms with E-state index >= 15 is 0 Å². The van der Waals surface area contributed by atoms with Crippen molar-refractivity contribution in [1.29, 1.82) is 0 Å². The number of hydrogen-bond acceptors (Lipinski definition) is 2. The molecule has 33 heavy (non-hydrogen) atoms. The second-order valence-electron chi connectivity index (χ2n) is 8.23. The van der Waals surface area contributed by atoms with Gasteiger partial charge < -0.3 is 0 Å². The number of hydrogen-bond donors (Lipinski definition) is 0. The Hall–Kier alpha value is -2.34. The minimum Gasteiger partial charge on any atom is -0.273 e. The van der Waals surface area contributed by atoms with E-state index in [-0.39, 0.29) is 0 Å². The molecule has 0 amide bonds. The van der Waals surface area contributed by atoms with Gasteiger partial charge >= 0.3 is 0 Å². The molecule has 0 saturated carbocycles. The predicted octanol–water partition coefficient (Wildman–Crippen LogP) is 5.09. The number of benzene rings is 4. The summed E-state index contributed by atoms with van der Waals surface area (Å²) in [7, 11) is -1.04. The molecule has 1 aliphatic heterocycles. The van der Waals surface area contributed by atoms with E-state index in [1.165, 1.54) is 27.6 Å². The van der Waals surface area contributed by atoms with Gasteiger partial charge in [0.25, 0.3) is 0 Å². The predicted molar refractivity (Wildman–Crippen MR) is 146 cm³/mol. The molecule has 5 rings (SSSR count). The molecule has 0 aromatic heterocycles. The summed E-state index contributed by atoms with van der Waals surface area (Å²) in [6.45, 7) is 4.46. The molecule has 0 unspecified atom stereocenters. The van der Waals surface area contributed by atoms with E-state index in [1.807, 2.05) is 0 Å². The van der Waals surface area contributed by atoms with Crippen LogP contribution in [-0.4, -0.2) is 35.5 Å². The van der Waals surface area contributed by atoms with Crippen LogP contribution in [0, 0.1) is 0 Å². The van der Waals surface area contributed by atoms with Crippen molar-refractivity contribution in [2.75, 3.05) is 26.2 Å². The van der Waals surface area contributed by atoms with Crippen LogP contribution in [0.25, 0.3) is 0 Å². The molecule has 0 N–H and O–H groups in total. The Bertz CT molecular complexity index is 937. The maximum atomic E-state index is 2.75. The average molecular weight is 469 g/mol. The summed E-state index contributed by atoms with van der Waals surface area (Å²) in [5.41, 5.74) is 0. The first-order valence-electron chi connectivity index (χ1n) is 11.7. The smallest absolute Gasteiger partial charge is 0.0281 e. The maximum Gasteiger partial charge on any atom is 0.0281 e. The zero-order valence-electron chi connectivity index (χ0n) is 18.9. The van der Waals surface area contributed by atoms with Crippen LogP contribution in [0.3, 0.4) is 0 Å². The molecule has 0 radical (unpaired) electrons. The lowest BCUT2D eigenvalue weighted by Gasteiger charge is -2.33. The first kappa shape index (κ1) is 22.5. The fourth-order valence-corrected chi connectivity index (χ4v) is 9.50. The van der Waals surface area contributed by atoms with Crippen LogP contribution in [-0.2, 0) is 0 Å². The monoisotopic (exact) mass is 468 g/mol. The van der Waals surface area contributed by atoms with Gasteiger partial charge in [-0.15, -0.1) is 0 Å². The fraction of sp³-hybridized carbons (Fsp3) is 0.172. The number of rotatable bonds is 6. The Kier molecular flexibility index (Phi) is 7.61. The topological polar surface area (TPSA) is 6.48 Å². The van der Waals surface area contributed by atoms with Crippen LogP contribution in [0.2, 0.25) is 0 Å². The molecule has 2 nitrogen and oxygen atoms in total. The molecule has 0 atom stereocenters. The van der Waals surface area contributed by atoms with E-state index in [4.69, 9.17) is 0 Å². The van der Waals surface area contributed by atoms with Gasteiger partial charge in [0.05, 0.1) is 0 Å². The molecule has 4 heteroatoms. The van der Waals surface area contributed by atoms with Gasteiger partial charge in [0, 0.05) is 42.3 Å². The van der Waals surface area contributed by atoms with Gasteiger partial charge in [0.2, 0.25) is 0 Å². The zero-order chi connectivity index (χ0) is 22.3. The van der Waals surface area contributed by atoms with Crippen LogP contribution in [0.1, 0.15) is 6.42 Å². The van der Waals surface area contributed by atoms with Crippen LogP contribution >= 0.6 is 16.1 Å². The molecule has 0 aliphatic carbocycles. The van der Waals surface area contributed by atoms with Crippen LogP contribution in [0.5, 0.6) is 0 Å².